The summed E-state index contributed by atoms with van der Waals surface area (Å²) in [5.41, 5.74) is 2.91. The Labute approximate surface area is 119 Å². The third-order valence-corrected chi connectivity index (χ3v) is 3.84. The van der Waals surface area contributed by atoms with Gasteiger partial charge in [-0.2, -0.15) is 9.61 Å². The zero-order valence-electron chi connectivity index (χ0n) is 11.8. The van der Waals surface area contributed by atoms with Crippen molar-refractivity contribution in [3.63, 3.8) is 0 Å². The maximum Gasteiger partial charge on any atom is 0.283 e. The third kappa shape index (κ3) is 1.48. The van der Waals surface area contributed by atoms with Crippen LogP contribution in [0.1, 0.15) is 19.4 Å². The molecule has 0 amide bonds. The number of aromatic amines is 1. The molecule has 4 rings (SSSR count). The van der Waals surface area contributed by atoms with Crippen LogP contribution in [0.15, 0.2) is 23.4 Å². The van der Waals surface area contributed by atoms with E-state index in [0.29, 0.717) is 16.6 Å². The second-order valence-electron chi connectivity index (χ2n) is 4.95. The Morgan fingerprint density at radius 3 is 2.81 bits per heavy atom. The first-order valence-corrected chi connectivity index (χ1v) is 6.97. The molecule has 21 heavy (non-hydrogen) atoms. The quantitative estimate of drug-likeness (QED) is 0.604. The lowest BCUT2D eigenvalue weighted by atomic mass is 10.2. The van der Waals surface area contributed by atoms with Crippen LogP contribution in [0.25, 0.3) is 27.6 Å². The second kappa shape index (κ2) is 4.15. The van der Waals surface area contributed by atoms with Gasteiger partial charge in [0.25, 0.3) is 5.56 Å². The largest absolute Gasteiger partial charge is 0.304 e. The summed E-state index contributed by atoms with van der Waals surface area (Å²) >= 11 is 0. The van der Waals surface area contributed by atoms with Gasteiger partial charge in [0.15, 0.2) is 11.3 Å². The molecule has 106 valence electrons. The normalized spacial score (nSPS) is 11.9. The van der Waals surface area contributed by atoms with E-state index in [9.17, 15) is 4.79 Å². The van der Waals surface area contributed by atoms with Gasteiger partial charge in [-0.25, -0.2) is 9.97 Å². The third-order valence-electron chi connectivity index (χ3n) is 3.84. The van der Waals surface area contributed by atoms with E-state index in [1.165, 1.54) is 4.52 Å². The maximum atomic E-state index is 12.5. The first-order valence-electron chi connectivity index (χ1n) is 6.97. The van der Waals surface area contributed by atoms with Crippen molar-refractivity contribution >= 4 is 27.6 Å². The van der Waals surface area contributed by atoms with Gasteiger partial charge < -0.3 is 5.10 Å². The number of aryl methyl sites for hydroxylation is 2. The number of hydrogen-bond acceptors (Lipinski definition) is 4. The molecule has 0 aliphatic carbocycles. The molecule has 0 saturated carbocycles. The molecular formula is C14H14N6O. The smallest absolute Gasteiger partial charge is 0.283 e. The number of nitrogens with zero attached hydrogens (tertiary/aromatic N) is 5. The maximum absolute atomic E-state index is 12.5. The van der Waals surface area contributed by atoms with Gasteiger partial charge in [0.2, 0.25) is 0 Å². The fourth-order valence-electron chi connectivity index (χ4n) is 2.69. The molecule has 0 aromatic carbocycles. The van der Waals surface area contributed by atoms with Gasteiger partial charge in [0, 0.05) is 24.5 Å². The standard InChI is InChI=1S/C14H14N6O/c1-3-8-5-17-20-12(8)18-11-9-7-16-19(4-2)13(9)15-6-10(11)14(20)21/h5-7,16H,3-4H2,1-2H3. The lowest BCUT2D eigenvalue weighted by molar-refractivity contribution is 0.677. The Morgan fingerprint density at radius 1 is 1.19 bits per heavy atom. The highest BCUT2D eigenvalue weighted by atomic mass is 16.1. The second-order valence-corrected chi connectivity index (χ2v) is 4.95. The van der Waals surface area contributed by atoms with E-state index in [-0.39, 0.29) is 5.56 Å². The first-order chi connectivity index (χ1) is 10.2. The lowest BCUT2D eigenvalue weighted by Gasteiger charge is -2.02. The highest BCUT2D eigenvalue weighted by molar-refractivity contribution is 6.01. The molecule has 0 fully saturated rings. The number of hydrogen-bond donors (Lipinski definition) is 1. The molecule has 0 bridgehead atoms. The van der Waals surface area contributed by atoms with Crippen LogP contribution in [-0.4, -0.2) is 29.4 Å². The Morgan fingerprint density at radius 2 is 2.05 bits per heavy atom. The number of aromatic nitrogens is 6. The lowest BCUT2D eigenvalue weighted by Crippen LogP contribution is -2.16. The zero-order valence-corrected chi connectivity index (χ0v) is 11.8. The van der Waals surface area contributed by atoms with E-state index >= 15 is 0 Å². The summed E-state index contributed by atoms with van der Waals surface area (Å²) in [6.45, 7) is 4.84. The van der Waals surface area contributed by atoms with Crippen molar-refractivity contribution in [1.29, 1.82) is 0 Å². The average Bonchev–Trinajstić information content (AvgIpc) is 3.10. The number of fused-ring (bicyclic) bond motifs is 4. The van der Waals surface area contributed by atoms with Crippen LogP contribution in [0, 0.1) is 0 Å². The molecular weight excluding hydrogens is 268 g/mol. The predicted octanol–water partition coefficient (Wildman–Crippen LogP) is 1.50. The molecule has 1 N–H and O–H groups in total. The predicted molar refractivity (Wildman–Crippen MR) is 79.5 cm³/mol. The molecule has 0 saturated heterocycles. The number of nitrogens with one attached hydrogen (secondary N) is 1. The topological polar surface area (TPSA) is 80.9 Å². The van der Waals surface area contributed by atoms with Crippen molar-refractivity contribution < 1.29 is 0 Å². The Hall–Kier alpha value is -2.70. The molecule has 0 unspecified atom stereocenters. The summed E-state index contributed by atoms with van der Waals surface area (Å²) in [7, 11) is 0. The number of pyridine rings is 1. The Bertz CT molecular complexity index is 1040. The van der Waals surface area contributed by atoms with Crippen LogP contribution in [0.5, 0.6) is 0 Å². The van der Waals surface area contributed by atoms with Crippen molar-refractivity contribution in [2.75, 3.05) is 0 Å². The van der Waals surface area contributed by atoms with Crippen molar-refractivity contribution in [1.82, 2.24) is 29.4 Å². The van der Waals surface area contributed by atoms with E-state index in [4.69, 9.17) is 0 Å². The van der Waals surface area contributed by atoms with E-state index in [2.05, 4.69) is 20.2 Å². The van der Waals surface area contributed by atoms with Gasteiger partial charge in [-0.15, -0.1) is 0 Å². The number of H-pyrrole nitrogens is 1. The molecule has 7 nitrogen and oxygen atoms in total. The average molecular weight is 282 g/mol. The first kappa shape index (κ1) is 12.1. The molecule has 0 atom stereocenters. The van der Waals surface area contributed by atoms with Crippen LogP contribution < -0.4 is 5.56 Å². The summed E-state index contributed by atoms with van der Waals surface area (Å²) in [6.07, 6.45) is 5.92. The summed E-state index contributed by atoms with van der Waals surface area (Å²) in [5.74, 6) is 0. The Balaban J connectivity index is 2.24. The summed E-state index contributed by atoms with van der Waals surface area (Å²) in [6, 6.07) is 0. The number of rotatable bonds is 2. The van der Waals surface area contributed by atoms with Crippen LogP contribution in [0.3, 0.4) is 0 Å². The van der Waals surface area contributed by atoms with E-state index in [1.54, 1.807) is 12.4 Å². The van der Waals surface area contributed by atoms with Gasteiger partial charge in [0.1, 0.15) is 0 Å². The summed E-state index contributed by atoms with van der Waals surface area (Å²) < 4.78 is 3.28. The van der Waals surface area contributed by atoms with Crippen molar-refractivity contribution in [2.24, 2.45) is 0 Å². The summed E-state index contributed by atoms with van der Waals surface area (Å²) in [5, 5.41) is 8.62. The molecule has 0 spiro atoms. The van der Waals surface area contributed by atoms with Gasteiger partial charge in [0.05, 0.1) is 22.5 Å². The minimum atomic E-state index is -0.173. The van der Waals surface area contributed by atoms with Gasteiger partial charge in [-0.05, 0) is 13.3 Å². The minimum Gasteiger partial charge on any atom is -0.304 e. The fraction of sp³-hybridized carbons (Fsp3) is 0.286. The van der Waals surface area contributed by atoms with Crippen molar-refractivity contribution in [3.8, 4) is 0 Å². The molecule has 4 aromatic heterocycles. The SMILES string of the molecule is CCc1cnn2c(=O)c3cnc4c(c[nH]n4CC)c3nc12. The van der Waals surface area contributed by atoms with Crippen LogP contribution in [-0.2, 0) is 13.0 Å². The molecule has 0 radical (unpaired) electrons. The Kier molecular flexibility index (Phi) is 2.38. The molecule has 0 aliphatic rings. The van der Waals surface area contributed by atoms with Crippen molar-refractivity contribution in [2.45, 2.75) is 26.8 Å². The van der Waals surface area contributed by atoms with Gasteiger partial charge >= 0.3 is 0 Å². The zero-order chi connectivity index (χ0) is 14.6. The molecule has 4 heterocycles. The van der Waals surface area contributed by atoms with Crippen LogP contribution >= 0.6 is 0 Å². The molecule has 7 heteroatoms. The highest BCUT2D eigenvalue weighted by Gasteiger charge is 2.15. The van der Waals surface area contributed by atoms with Crippen molar-refractivity contribution in [3.05, 3.63) is 34.5 Å². The van der Waals surface area contributed by atoms with E-state index < -0.39 is 0 Å². The molecule has 0 aliphatic heterocycles. The molecule has 4 aromatic rings. The van der Waals surface area contributed by atoms with E-state index in [1.807, 2.05) is 24.7 Å². The minimum absolute atomic E-state index is 0.173. The highest BCUT2D eigenvalue weighted by Crippen LogP contribution is 2.21. The van der Waals surface area contributed by atoms with Gasteiger partial charge in [-0.3, -0.25) is 9.48 Å². The monoisotopic (exact) mass is 282 g/mol. The van der Waals surface area contributed by atoms with Gasteiger partial charge in [-0.1, -0.05) is 6.92 Å². The van der Waals surface area contributed by atoms with E-state index in [0.717, 1.165) is 29.6 Å². The fourth-order valence-corrected chi connectivity index (χ4v) is 2.69. The summed E-state index contributed by atoms with van der Waals surface area (Å²) in [4.78, 5) is 21.6. The van der Waals surface area contributed by atoms with Crippen LogP contribution in [0.4, 0.5) is 0 Å². The van der Waals surface area contributed by atoms with Crippen LogP contribution in [0.2, 0.25) is 0 Å².